The minimum atomic E-state index is -0.451. The van der Waals surface area contributed by atoms with E-state index in [4.69, 9.17) is 7.85 Å². The lowest BCUT2D eigenvalue weighted by Crippen LogP contribution is -1.99. The van der Waals surface area contributed by atoms with Crippen molar-refractivity contribution in [2.75, 3.05) is 0 Å². The number of hydrogen-bond donors (Lipinski definition) is 0. The van der Waals surface area contributed by atoms with Crippen molar-refractivity contribution in [3.05, 3.63) is 34.9 Å². The van der Waals surface area contributed by atoms with Crippen LogP contribution >= 0.6 is 15.9 Å². The van der Waals surface area contributed by atoms with E-state index in [9.17, 15) is 8.78 Å². The minimum Gasteiger partial charge on any atom is -0.207 e. The van der Waals surface area contributed by atoms with Crippen molar-refractivity contribution in [3.8, 4) is 0 Å². The van der Waals surface area contributed by atoms with Gasteiger partial charge in [0, 0.05) is 10.9 Å². The second kappa shape index (κ2) is 4.03. The standard InChI is InChI=1S/C8H6BBrF2/c9-3-5-6(4-10)8(12)2-1-7(5)11/h1-2H,3-4H2. The van der Waals surface area contributed by atoms with Crippen LogP contribution in [0.3, 0.4) is 0 Å². The van der Waals surface area contributed by atoms with Gasteiger partial charge >= 0.3 is 0 Å². The zero-order valence-electron chi connectivity index (χ0n) is 6.28. The van der Waals surface area contributed by atoms with E-state index in [1.807, 2.05) is 0 Å². The molecule has 0 aliphatic carbocycles. The van der Waals surface area contributed by atoms with E-state index >= 15 is 0 Å². The first-order valence-electron chi connectivity index (χ1n) is 3.42. The van der Waals surface area contributed by atoms with Crippen LogP contribution in [0.1, 0.15) is 11.1 Å². The van der Waals surface area contributed by atoms with Gasteiger partial charge in [0.1, 0.15) is 11.6 Å². The normalized spacial score (nSPS) is 10.2. The predicted molar refractivity (Wildman–Crippen MR) is 48.4 cm³/mol. The number of halogens is 3. The van der Waals surface area contributed by atoms with Gasteiger partial charge in [-0.15, -0.1) is 0 Å². The number of alkyl halides is 1. The van der Waals surface area contributed by atoms with E-state index in [1.165, 1.54) is 0 Å². The fourth-order valence-corrected chi connectivity index (χ4v) is 1.61. The Balaban J connectivity index is 3.28. The number of hydrogen-bond acceptors (Lipinski definition) is 0. The smallest absolute Gasteiger partial charge is 0.127 e. The van der Waals surface area contributed by atoms with Crippen molar-refractivity contribution in [2.24, 2.45) is 0 Å². The third kappa shape index (κ3) is 1.68. The van der Waals surface area contributed by atoms with Crippen molar-refractivity contribution in [1.29, 1.82) is 0 Å². The van der Waals surface area contributed by atoms with Crippen LogP contribution in [0.2, 0.25) is 0 Å². The fraction of sp³-hybridized carbons (Fsp3) is 0.250. The highest BCUT2D eigenvalue weighted by Crippen LogP contribution is 2.19. The van der Waals surface area contributed by atoms with Gasteiger partial charge in [0.05, 0.1) is 7.85 Å². The SMILES string of the molecule is [B]Cc1c(F)ccc(F)c1CBr. The summed E-state index contributed by atoms with van der Waals surface area (Å²) in [5.74, 6) is -0.873. The predicted octanol–water partition coefficient (Wildman–Crippen LogP) is 2.53. The third-order valence-electron chi connectivity index (χ3n) is 1.65. The Morgan fingerprint density at radius 2 is 1.67 bits per heavy atom. The van der Waals surface area contributed by atoms with E-state index in [0.29, 0.717) is 5.56 Å². The molecule has 0 amide bonds. The number of rotatable bonds is 2. The molecule has 0 aromatic heterocycles. The first kappa shape index (κ1) is 9.71. The van der Waals surface area contributed by atoms with Gasteiger partial charge in [0.25, 0.3) is 0 Å². The van der Waals surface area contributed by atoms with Gasteiger partial charge in [0.15, 0.2) is 0 Å². The summed E-state index contributed by atoms with van der Waals surface area (Å²) < 4.78 is 25.9. The summed E-state index contributed by atoms with van der Waals surface area (Å²) in [4.78, 5) is 0. The Morgan fingerprint density at radius 1 is 1.17 bits per heavy atom. The van der Waals surface area contributed by atoms with E-state index in [2.05, 4.69) is 15.9 Å². The molecular weight excluding hydrogens is 225 g/mol. The maximum Gasteiger partial charge on any atom is 0.127 e. The summed E-state index contributed by atoms with van der Waals surface area (Å²) in [6, 6.07) is 2.19. The Kier molecular flexibility index (Phi) is 3.26. The van der Waals surface area contributed by atoms with E-state index in [1.54, 1.807) is 0 Å². The number of benzene rings is 1. The molecule has 0 fully saturated rings. The Labute approximate surface area is 79.5 Å². The van der Waals surface area contributed by atoms with E-state index in [0.717, 1.165) is 12.1 Å². The molecule has 0 bridgehead atoms. The van der Waals surface area contributed by atoms with E-state index < -0.39 is 11.6 Å². The average molecular weight is 231 g/mol. The maximum atomic E-state index is 13.0. The van der Waals surface area contributed by atoms with Crippen molar-refractivity contribution >= 4 is 23.8 Å². The summed E-state index contributed by atoms with van der Waals surface area (Å²) in [5, 5.41) is 0.281. The molecule has 0 unspecified atom stereocenters. The van der Waals surface area contributed by atoms with Crippen LogP contribution in [0, 0.1) is 11.6 Å². The third-order valence-corrected chi connectivity index (χ3v) is 2.22. The molecule has 0 aliphatic rings. The highest BCUT2D eigenvalue weighted by Gasteiger charge is 2.09. The van der Waals surface area contributed by atoms with Crippen LogP contribution in [0.25, 0.3) is 0 Å². The molecule has 0 saturated heterocycles. The molecule has 1 aromatic rings. The van der Waals surface area contributed by atoms with Crippen LogP contribution in [-0.2, 0) is 11.7 Å². The van der Waals surface area contributed by atoms with Crippen LogP contribution in [0.4, 0.5) is 8.78 Å². The van der Waals surface area contributed by atoms with Gasteiger partial charge < -0.3 is 0 Å². The summed E-state index contributed by atoms with van der Waals surface area (Å²) >= 11 is 3.07. The molecule has 0 saturated carbocycles. The molecule has 62 valence electrons. The molecule has 0 N–H and O–H groups in total. The molecule has 12 heavy (non-hydrogen) atoms. The molecule has 4 heteroatoms. The van der Waals surface area contributed by atoms with Gasteiger partial charge in [-0.1, -0.05) is 22.3 Å². The summed E-state index contributed by atoms with van der Waals surface area (Å²) in [6.07, 6.45) is 0.0184. The molecule has 1 aromatic carbocycles. The fourth-order valence-electron chi connectivity index (χ4n) is 1.00. The molecule has 1 rings (SSSR count). The zero-order valence-corrected chi connectivity index (χ0v) is 7.87. The highest BCUT2D eigenvalue weighted by molar-refractivity contribution is 9.08. The topological polar surface area (TPSA) is 0 Å². The highest BCUT2D eigenvalue weighted by atomic mass is 79.9. The maximum absolute atomic E-state index is 13.0. The molecule has 2 radical (unpaired) electrons. The minimum absolute atomic E-state index is 0.0184. The quantitative estimate of drug-likeness (QED) is 0.541. The summed E-state index contributed by atoms with van der Waals surface area (Å²) in [6.45, 7) is 0. The Morgan fingerprint density at radius 3 is 2.00 bits per heavy atom. The molecule has 0 heterocycles. The van der Waals surface area contributed by atoms with Gasteiger partial charge in [-0.25, -0.2) is 8.78 Å². The lowest BCUT2D eigenvalue weighted by molar-refractivity contribution is 0.582. The zero-order chi connectivity index (χ0) is 9.14. The van der Waals surface area contributed by atoms with Crippen LogP contribution in [0.15, 0.2) is 12.1 Å². The monoisotopic (exact) mass is 230 g/mol. The molecule has 0 aliphatic heterocycles. The molecule has 0 atom stereocenters. The van der Waals surface area contributed by atoms with Crippen LogP contribution < -0.4 is 0 Å². The molecule has 0 nitrogen and oxygen atoms in total. The second-order valence-corrected chi connectivity index (χ2v) is 2.88. The first-order chi connectivity index (χ1) is 5.70. The Bertz CT molecular complexity index is 260. The van der Waals surface area contributed by atoms with Crippen molar-refractivity contribution in [1.82, 2.24) is 0 Å². The van der Waals surface area contributed by atoms with Crippen molar-refractivity contribution in [3.63, 3.8) is 0 Å². The van der Waals surface area contributed by atoms with Crippen molar-refractivity contribution in [2.45, 2.75) is 11.7 Å². The lowest BCUT2D eigenvalue weighted by atomic mass is 9.93. The molecule has 0 spiro atoms. The molecular formula is C8H6BBrF2. The van der Waals surface area contributed by atoms with E-state index in [-0.39, 0.29) is 17.2 Å². The van der Waals surface area contributed by atoms with Gasteiger partial charge in [-0.3, -0.25) is 0 Å². The largest absolute Gasteiger partial charge is 0.207 e. The van der Waals surface area contributed by atoms with Gasteiger partial charge in [0.2, 0.25) is 0 Å². The van der Waals surface area contributed by atoms with Crippen molar-refractivity contribution < 1.29 is 8.78 Å². The first-order valence-corrected chi connectivity index (χ1v) is 4.54. The average Bonchev–Trinajstić information content (AvgIpc) is 2.08. The van der Waals surface area contributed by atoms with Gasteiger partial charge in [-0.05, 0) is 17.7 Å². The summed E-state index contributed by atoms with van der Waals surface area (Å²) in [5.41, 5.74) is 0.546. The Hall–Kier alpha value is -0.375. The summed E-state index contributed by atoms with van der Waals surface area (Å²) in [7, 11) is 5.27. The van der Waals surface area contributed by atoms with Gasteiger partial charge in [-0.2, -0.15) is 0 Å². The van der Waals surface area contributed by atoms with Crippen LogP contribution in [-0.4, -0.2) is 7.85 Å². The van der Waals surface area contributed by atoms with Crippen LogP contribution in [0.5, 0.6) is 0 Å². The lowest BCUT2D eigenvalue weighted by Gasteiger charge is -2.06. The second-order valence-electron chi connectivity index (χ2n) is 2.32.